The van der Waals surface area contributed by atoms with Crippen molar-refractivity contribution in [1.29, 1.82) is 0 Å². The first-order chi connectivity index (χ1) is 13.1. The van der Waals surface area contributed by atoms with Crippen molar-refractivity contribution < 1.29 is 23.8 Å². The Labute approximate surface area is 157 Å². The van der Waals surface area contributed by atoms with E-state index in [1.165, 1.54) is 7.11 Å². The van der Waals surface area contributed by atoms with Gasteiger partial charge in [0, 0.05) is 24.7 Å². The van der Waals surface area contributed by atoms with Crippen LogP contribution in [0.25, 0.3) is 0 Å². The number of anilines is 1. The van der Waals surface area contributed by atoms with Gasteiger partial charge >= 0.3 is 0 Å². The molecule has 0 aliphatic carbocycles. The molecule has 0 radical (unpaired) electrons. The first-order valence-corrected chi connectivity index (χ1v) is 8.53. The number of hydrogen-bond acceptors (Lipinski definition) is 5. The number of nitrogens with one attached hydrogen (secondary N) is 1. The third kappa shape index (κ3) is 3.81. The molecule has 1 fully saturated rings. The van der Waals surface area contributed by atoms with E-state index >= 15 is 0 Å². The molecule has 2 aromatic carbocycles. The highest BCUT2D eigenvalue weighted by atomic mass is 16.5. The molecule has 1 saturated heterocycles. The van der Waals surface area contributed by atoms with Gasteiger partial charge in [0.15, 0.2) is 11.5 Å². The summed E-state index contributed by atoms with van der Waals surface area (Å²) in [6, 6.07) is 12.0. The third-order valence-corrected chi connectivity index (χ3v) is 4.49. The molecule has 0 bridgehead atoms. The molecule has 27 heavy (non-hydrogen) atoms. The average Bonchev–Trinajstić information content (AvgIpc) is 3.07. The van der Waals surface area contributed by atoms with Crippen molar-refractivity contribution >= 4 is 17.5 Å². The van der Waals surface area contributed by atoms with Crippen molar-refractivity contribution in [2.75, 3.05) is 32.8 Å². The topological polar surface area (TPSA) is 77.1 Å². The molecule has 0 aromatic heterocycles. The lowest BCUT2D eigenvalue weighted by molar-refractivity contribution is -0.117. The zero-order valence-electron chi connectivity index (χ0n) is 15.5. The second kappa shape index (κ2) is 7.99. The maximum Gasteiger partial charge on any atom is 0.255 e. The second-order valence-electron chi connectivity index (χ2n) is 6.12. The zero-order valence-corrected chi connectivity index (χ0v) is 15.5. The molecule has 7 nitrogen and oxygen atoms in total. The van der Waals surface area contributed by atoms with Crippen LogP contribution in [0.2, 0.25) is 0 Å². The third-order valence-electron chi connectivity index (χ3n) is 4.49. The molecule has 1 heterocycles. The summed E-state index contributed by atoms with van der Waals surface area (Å²) in [6.45, 7) is 0.384. The molecule has 1 aliphatic rings. The summed E-state index contributed by atoms with van der Waals surface area (Å²) in [4.78, 5) is 26.6. The number of nitrogens with zero attached hydrogens (tertiary/aromatic N) is 1. The maximum absolute atomic E-state index is 12.6. The molecular formula is C20H22N2O5. The van der Waals surface area contributed by atoms with E-state index in [4.69, 9.17) is 14.2 Å². The molecule has 142 valence electrons. The van der Waals surface area contributed by atoms with Crippen molar-refractivity contribution in [2.45, 2.75) is 12.5 Å². The fourth-order valence-electron chi connectivity index (χ4n) is 3.14. The van der Waals surface area contributed by atoms with E-state index < -0.39 is 0 Å². The Hall–Kier alpha value is -3.22. The first kappa shape index (κ1) is 18.6. The summed E-state index contributed by atoms with van der Waals surface area (Å²) in [5.74, 6) is 1.31. The molecule has 0 spiro atoms. The minimum Gasteiger partial charge on any atom is -0.496 e. The molecule has 2 amide bonds. The summed E-state index contributed by atoms with van der Waals surface area (Å²) < 4.78 is 15.8. The molecule has 3 rings (SSSR count). The zero-order chi connectivity index (χ0) is 19.4. The number of carbonyl (C=O) groups is 2. The highest BCUT2D eigenvalue weighted by Gasteiger charge is 2.32. The van der Waals surface area contributed by atoms with Crippen LogP contribution < -0.4 is 24.4 Å². The Morgan fingerprint density at radius 3 is 2.41 bits per heavy atom. The van der Waals surface area contributed by atoms with Gasteiger partial charge in [-0.2, -0.15) is 0 Å². The van der Waals surface area contributed by atoms with Gasteiger partial charge in [-0.05, 0) is 24.3 Å². The van der Waals surface area contributed by atoms with E-state index in [0.29, 0.717) is 35.0 Å². The predicted molar refractivity (Wildman–Crippen MR) is 101 cm³/mol. The first-order valence-electron chi connectivity index (χ1n) is 8.53. The number of amides is 2. The fraction of sp³-hybridized carbons (Fsp3) is 0.300. The van der Waals surface area contributed by atoms with Crippen LogP contribution in [0.3, 0.4) is 0 Å². The summed E-state index contributed by atoms with van der Waals surface area (Å²) in [6.07, 6.45) is 0.231. The van der Waals surface area contributed by atoms with Gasteiger partial charge in [-0.3, -0.25) is 9.59 Å². The number of methoxy groups -OCH3 is 3. The molecule has 1 atom stereocenters. The Bertz CT molecular complexity index is 852. The molecular weight excluding hydrogens is 348 g/mol. The lowest BCUT2D eigenvalue weighted by Gasteiger charge is -2.19. The number of ether oxygens (including phenoxy) is 3. The molecule has 2 aromatic rings. The van der Waals surface area contributed by atoms with Crippen LogP contribution in [0.1, 0.15) is 16.8 Å². The quantitative estimate of drug-likeness (QED) is 0.844. The highest BCUT2D eigenvalue weighted by Crippen LogP contribution is 2.33. The number of rotatable bonds is 6. The summed E-state index contributed by atoms with van der Waals surface area (Å²) in [5, 5.41) is 2.91. The van der Waals surface area contributed by atoms with Crippen molar-refractivity contribution in [1.82, 2.24) is 5.32 Å². The van der Waals surface area contributed by atoms with E-state index in [1.54, 1.807) is 61.6 Å². The molecule has 0 saturated carbocycles. The summed E-state index contributed by atoms with van der Waals surface area (Å²) >= 11 is 0. The predicted octanol–water partition coefficient (Wildman–Crippen LogP) is 2.25. The normalized spacial score (nSPS) is 16.2. The Kier molecular flexibility index (Phi) is 5.49. The summed E-state index contributed by atoms with van der Waals surface area (Å²) in [7, 11) is 4.62. The van der Waals surface area contributed by atoms with Gasteiger partial charge < -0.3 is 24.4 Å². The Morgan fingerprint density at radius 2 is 1.70 bits per heavy atom. The van der Waals surface area contributed by atoms with Gasteiger partial charge in [0.1, 0.15) is 5.75 Å². The monoisotopic (exact) mass is 370 g/mol. The van der Waals surface area contributed by atoms with Gasteiger partial charge in [0.05, 0.1) is 32.9 Å². The Balaban J connectivity index is 1.73. The molecule has 0 unspecified atom stereocenters. The van der Waals surface area contributed by atoms with Crippen molar-refractivity contribution in [3.63, 3.8) is 0 Å². The largest absolute Gasteiger partial charge is 0.496 e. The molecule has 7 heteroatoms. The van der Waals surface area contributed by atoms with E-state index in [1.807, 2.05) is 0 Å². The van der Waals surface area contributed by atoms with Crippen molar-refractivity contribution in [3.8, 4) is 17.2 Å². The maximum atomic E-state index is 12.6. The van der Waals surface area contributed by atoms with Crippen LogP contribution >= 0.6 is 0 Å². The smallest absolute Gasteiger partial charge is 0.255 e. The van der Waals surface area contributed by atoms with E-state index in [2.05, 4.69) is 5.32 Å². The fourth-order valence-corrected chi connectivity index (χ4v) is 3.14. The van der Waals surface area contributed by atoms with Gasteiger partial charge in [0.25, 0.3) is 5.91 Å². The summed E-state index contributed by atoms with van der Waals surface area (Å²) in [5.41, 5.74) is 1.14. The van der Waals surface area contributed by atoms with E-state index in [0.717, 1.165) is 0 Å². The minimum atomic E-state index is -0.289. The average molecular weight is 370 g/mol. The van der Waals surface area contributed by atoms with E-state index in [-0.39, 0.29) is 24.3 Å². The lowest BCUT2D eigenvalue weighted by Crippen LogP contribution is -2.37. The highest BCUT2D eigenvalue weighted by molar-refractivity contribution is 6.00. The van der Waals surface area contributed by atoms with Crippen LogP contribution in [0.4, 0.5) is 5.69 Å². The minimum absolute atomic E-state index is 0.0625. The van der Waals surface area contributed by atoms with Crippen molar-refractivity contribution in [2.24, 2.45) is 0 Å². The van der Waals surface area contributed by atoms with Gasteiger partial charge in [-0.25, -0.2) is 0 Å². The van der Waals surface area contributed by atoms with Crippen molar-refractivity contribution in [3.05, 3.63) is 48.0 Å². The van der Waals surface area contributed by atoms with Gasteiger partial charge in [-0.1, -0.05) is 12.1 Å². The standard InChI is InChI=1S/C20H22N2O5/c1-25-16-7-5-4-6-15(16)20(24)21-13-10-19(23)22(12-13)14-8-9-17(26-2)18(11-14)27-3/h4-9,11,13H,10,12H2,1-3H3,(H,21,24)/t13-/m0/s1. The number of para-hydroxylation sites is 1. The number of benzene rings is 2. The molecule has 1 N–H and O–H groups in total. The van der Waals surface area contributed by atoms with Crippen LogP contribution in [0.15, 0.2) is 42.5 Å². The SMILES string of the molecule is COc1ccc(N2C[C@@H](NC(=O)c3ccccc3OC)CC2=O)cc1OC. The van der Waals surface area contributed by atoms with E-state index in [9.17, 15) is 9.59 Å². The molecule has 1 aliphatic heterocycles. The van der Waals surface area contributed by atoms with Gasteiger partial charge in [0.2, 0.25) is 5.91 Å². The van der Waals surface area contributed by atoms with Crippen LogP contribution in [-0.4, -0.2) is 45.7 Å². The number of hydrogen-bond donors (Lipinski definition) is 1. The van der Waals surface area contributed by atoms with Crippen LogP contribution in [-0.2, 0) is 4.79 Å². The Morgan fingerprint density at radius 1 is 1.00 bits per heavy atom. The van der Waals surface area contributed by atoms with Gasteiger partial charge in [-0.15, -0.1) is 0 Å². The van der Waals surface area contributed by atoms with Crippen LogP contribution in [0, 0.1) is 0 Å². The number of carbonyl (C=O) groups excluding carboxylic acids is 2. The second-order valence-corrected chi connectivity index (χ2v) is 6.12. The lowest BCUT2D eigenvalue weighted by atomic mass is 10.1. The van der Waals surface area contributed by atoms with Crippen LogP contribution in [0.5, 0.6) is 17.2 Å².